The molecule has 1 aromatic rings. The van der Waals surface area contributed by atoms with Crippen LogP contribution < -0.4 is 31.9 Å². The summed E-state index contributed by atoms with van der Waals surface area (Å²) in [6.07, 6.45) is 2.37. The van der Waals surface area contributed by atoms with E-state index < -0.39 is 47.2 Å². The van der Waals surface area contributed by atoms with Crippen molar-refractivity contribution in [3.8, 4) is 0 Å². The van der Waals surface area contributed by atoms with Crippen LogP contribution in [0.2, 0.25) is 0 Å². The summed E-state index contributed by atoms with van der Waals surface area (Å²) in [5.74, 6) is -5.03. The van der Waals surface area contributed by atoms with Gasteiger partial charge in [-0.2, -0.15) is 11.8 Å². The first kappa shape index (κ1) is 35.7. The number of thioether (sulfide) groups is 1. The third kappa shape index (κ3) is 11.0. The van der Waals surface area contributed by atoms with Crippen LogP contribution in [0.15, 0.2) is 18.2 Å². The molecule has 0 saturated carbocycles. The van der Waals surface area contributed by atoms with Crippen molar-refractivity contribution in [1.29, 1.82) is 0 Å². The maximum atomic E-state index is 13.8. The lowest BCUT2D eigenvalue weighted by atomic mass is 9.99. The summed E-state index contributed by atoms with van der Waals surface area (Å²) >= 11 is 1.80. The molecule has 0 aliphatic carbocycles. The number of nitrogens with one attached hydrogen (secondary N) is 6. The number of halogens is 2. The average molecular weight is 653 g/mol. The number of benzene rings is 1. The van der Waals surface area contributed by atoms with Gasteiger partial charge in [0.1, 0.15) is 12.1 Å². The van der Waals surface area contributed by atoms with Crippen LogP contribution in [0.4, 0.5) is 13.6 Å². The van der Waals surface area contributed by atoms with E-state index in [-0.39, 0.29) is 67.9 Å². The van der Waals surface area contributed by atoms with Gasteiger partial charge < -0.3 is 31.9 Å². The third-order valence-corrected chi connectivity index (χ3v) is 9.01. The van der Waals surface area contributed by atoms with E-state index in [2.05, 4.69) is 31.9 Å². The van der Waals surface area contributed by atoms with Gasteiger partial charge in [-0.3, -0.25) is 24.0 Å². The lowest BCUT2D eigenvalue weighted by Gasteiger charge is -2.24. The lowest BCUT2D eigenvalue weighted by molar-refractivity contribution is -0.140. The number of unbranched alkanes of at least 4 members (excludes halogenated alkanes) is 1. The van der Waals surface area contributed by atoms with Gasteiger partial charge in [-0.05, 0) is 49.8 Å². The Balaban J connectivity index is 1.50. The van der Waals surface area contributed by atoms with E-state index in [1.54, 1.807) is 18.7 Å². The molecule has 2 aliphatic rings. The molecule has 3 rings (SSSR count). The summed E-state index contributed by atoms with van der Waals surface area (Å²) in [6, 6.07) is 0.603. The standard InChI is InChI=1S/C30H42F2N6O6S/c1-4-33-29(43)27(41)20(13-17-9-10-18(31)19(32)12-17)36-28(42)21(11-16(2)3)35-25(40)14-34-24(39)8-6-5-7-23-26-22(15-45-23)37-30(44)38-26/h9-10,12,16,20-23,26H,4-8,11,13-15H2,1-3H3,(H,33,43)(H,34,39)(H,35,40)(H,36,42)(H2,37,38,44)/t20-,21-,22-,23?,26-/m0/s1. The van der Waals surface area contributed by atoms with Crippen LogP contribution >= 0.6 is 11.8 Å². The largest absolute Gasteiger partial charge is 0.350 e. The first-order chi connectivity index (χ1) is 21.4. The number of ketones is 1. The topological polar surface area (TPSA) is 175 Å². The Labute approximate surface area is 265 Å². The predicted octanol–water partition coefficient (Wildman–Crippen LogP) is 1.07. The van der Waals surface area contributed by atoms with E-state index in [0.29, 0.717) is 11.7 Å². The van der Waals surface area contributed by atoms with Crippen molar-refractivity contribution in [2.24, 2.45) is 5.92 Å². The summed E-state index contributed by atoms with van der Waals surface area (Å²) in [5, 5.41) is 16.1. The molecule has 0 radical (unpaired) electrons. The highest BCUT2D eigenvalue weighted by Crippen LogP contribution is 2.33. The molecule has 2 aliphatic heterocycles. The number of hydrogen-bond donors (Lipinski definition) is 6. The molecule has 0 spiro atoms. The van der Waals surface area contributed by atoms with Crippen LogP contribution in [0.25, 0.3) is 0 Å². The highest BCUT2D eigenvalue weighted by Gasteiger charge is 2.42. The van der Waals surface area contributed by atoms with Crippen LogP contribution in [0, 0.1) is 17.6 Å². The number of urea groups is 1. The van der Waals surface area contributed by atoms with E-state index in [1.807, 2.05) is 13.8 Å². The quantitative estimate of drug-likeness (QED) is 0.0829. The summed E-state index contributed by atoms with van der Waals surface area (Å²) in [4.78, 5) is 75.0. The molecular weight excluding hydrogens is 610 g/mol. The minimum Gasteiger partial charge on any atom is -0.350 e. The van der Waals surface area contributed by atoms with E-state index >= 15 is 0 Å². The van der Waals surface area contributed by atoms with Gasteiger partial charge in [-0.1, -0.05) is 26.3 Å². The predicted molar refractivity (Wildman–Crippen MR) is 164 cm³/mol. The van der Waals surface area contributed by atoms with Gasteiger partial charge in [0.2, 0.25) is 23.5 Å². The number of fused-ring (bicyclic) bond motifs is 1. The first-order valence-corrected chi connectivity index (χ1v) is 16.2. The molecule has 15 heteroatoms. The van der Waals surface area contributed by atoms with Crippen LogP contribution in [-0.4, -0.2) is 83.7 Å². The zero-order valence-corrected chi connectivity index (χ0v) is 26.5. The molecule has 1 aromatic carbocycles. The van der Waals surface area contributed by atoms with Gasteiger partial charge in [0.05, 0.1) is 18.6 Å². The van der Waals surface area contributed by atoms with Crippen molar-refractivity contribution in [2.75, 3.05) is 18.8 Å². The number of likely N-dealkylation sites (N-methyl/N-ethyl adjacent to an activating group) is 1. The second kappa shape index (κ2) is 17.1. The van der Waals surface area contributed by atoms with Gasteiger partial charge in [0.15, 0.2) is 11.6 Å². The maximum Gasteiger partial charge on any atom is 0.315 e. The molecule has 2 saturated heterocycles. The fourth-order valence-electron chi connectivity index (χ4n) is 5.28. The molecule has 2 heterocycles. The van der Waals surface area contributed by atoms with Gasteiger partial charge in [-0.25, -0.2) is 13.6 Å². The number of Topliss-reactive ketones (excluding diaryl/α,β-unsaturated/α-hetero) is 1. The van der Waals surface area contributed by atoms with E-state index in [9.17, 15) is 37.5 Å². The second-order valence-electron chi connectivity index (χ2n) is 11.6. The Morgan fingerprint density at radius 3 is 2.42 bits per heavy atom. The summed E-state index contributed by atoms with van der Waals surface area (Å²) in [5.41, 5.74) is 0.178. The molecule has 2 fully saturated rings. The molecule has 6 amide bonds. The molecule has 0 bridgehead atoms. The van der Waals surface area contributed by atoms with Crippen molar-refractivity contribution in [3.63, 3.8) is 0 Å². The van der Waals surface area contributed by atoms with Gasteiger partial charge >= 0.3 is 6.03 Å². The fraction of sp³-hybridized carbons (Fsp3) is 0.600. The molecular formula is C30H42F2N6O6S. The van der Waals surface area contributed by atoms with Crippen LogP contribution in [0.5, 0.6) is 0 Å². The molecule has 12 nitrogen and oxygen atoms in total. The average Bonchev–Trinajstić information content (AvgIpc) is 3.53. The first-order valence-electron chi connectivity index (χ1n) is 15.2. The zero-order chi connectivity index (χ0) is 33.1. The van der Waals surface area contributed by atoms with E-state index in [1.165, 1.54) is 6.07 Å². The minimum atomic E-state index is -1.41. The van der Waals surface area contributed by atoms with Gasteiger partial charge in [0, 0.05) is 30.4 Å². The molecule has 45 heavy (non-hydrogen) atoms. The smallest absolute Gasteiger partial charge is 0.315 e. The number of rotatable bonds is 17. The Morgan fingerprint density at radius 1 is 0.978 bits per heavy atom. The van der Waals surface area contributed by atoms with Crippen LogP contribution in [-0.2, 0) is 30.4 Å². The highest BCUT2D eigenvalue weighted by molar-refractivity contribution is 8.00. The Kier molecular flexibility index (Phi) is 13.6. The number of hydrogen-bond acceptors (Lipinski definition) is 7. The Bertz CT molecular complexity index is 1270. The summed E-state index contributed by atoms with van der Waals surface area (Å²) < 4.78 is 27.2. The summed E-state index contributed by atoms with van der Waals surface area (Å²) in [7, 11) is 0. The number of amides is 6. The lowest BCUT2D eigenvalue weighted by Crippen LogP contribution is -2.55. The van der Waals surface area contributed by atoms with Gasteiger partial charge in [-0.15, -0.1) is 0 Å². The molecule has 1 unspecified atom stereocenters. The van der Waals surface area contributed by atoms with Crippen molar-refractivity contribution in [2.45, 2.75) is 88.7 Å². The number of carbonyl (C=O) groups excluding carboxylic acids is 6. The minimum absolute atomic E-state index is 0.0546. The van der Waals surface area contributed by atoms with Crippen molar-refractivity contribution >= 4 is 47.2 Å². The highest BCUT2D eigenvalue weighted by atomic mass is 32.2. The van der Waals surface area contributed by atoms with Gasteiger partial charge in [0.25, 0.3) is 5.91 Å². The Hall–Kier alpha value is -3.75. The molecule has 248 valence electrons. The third-order valence-electron chi connectivity index (χ3n) is 7.50. The normalized spacial score (nSPS) is 20.0. The number of carbonyl (C=O) groups is 6. The Morgan fingerprint density at radius 2 is 1.73 bits per heavy atom. The SMILES string of the molecule is CCNC(=O)C(=O)[C@H](Cc1ccc(F)c(F)c1)NC(=O)[C@H](CC(C)C)NC(=O)CNC(=O)CCCCC1SC[C@@H]2NC(=O)N[C@H]12. The monoisotopic (exact) mass is 652 g/mol. The van der Waals surface area contributed by atoms with Crippen LogP contribution in [0.1, 0.15) is 58.4 Å². The van der Waals surface area contributed by atoms with Crippen LogP contribution in [0.3, 0.4) is 0 Å². The van der Waals surface area contributed by atoms with E-state index in [4.69, 9.17) is 0 Å². The molecule has 5 atom stereocenters. The zero-order valence-electron chi connectivity index (χ0n) is 25.7. The van der Waals surface area contributed by atoms with E-state index in [0.717, 1.165) is 30.7 Å². The van der Waals surface area contributed by atoms with Crippen molar-refractivity contribution < 1.29 is 37.5 Å². The molecule has 6 N–H and O–H groups in total. The maximum absolute atomic E-state index is 13.8. The summed E-state index contributed by atoms with van der Waals surface area (Å²) in [6.45, 7) is 5.06. The fourth-order valence-corrected chi connectivity index (χ4v) is 6.82. The van der Waals surface area contributed by atoms with Crippen molar-refractivity contribution in [3.05, 3.63) is 35.4 Å². The molecule has 0 aromatic heterocycles. The van der Waals surface area contributed by atoms with Crippen molar-refractivity contribution in [1.82, 2.24) is 31.9 Å². The second-order valence-corrected chi connectivity index (χ2v) is 12.9.